The summed E-state index contributed by atoms with van der Waals surface area (Å²) in [6.07, 6.45) is 0.150. The molecular formula is C8H19NO3. The van der Waals surface area contributed by atoms with Crippen LogP contribution in [-0.2, 0) is 4.74 Å². The highest BCUT2D eigenvalue weighted by molar-refractivity contribution is 5.65. The molecule has 0 atom stereocenters. The van der Waals surface area contributed by atoms with Crippen LogP contribution < -0.4 is 5.73 Å². The van der Waals surface area contributed by atoms with E-state index < -0.39 is 11.7 Å². The van der Waals surface area contributed by atoms with E-state index in [1.165, 1.54) is 0 Å². The van der Waals surface area contributed by atoms with Gasteiger partial charge in [-0.05, 0) is 27.2 Å². The molecule has 12 heavy (non-hydrogen) atoms. The second-order valence-electron chi connectivity index (χ2n) is 3.26. The summed E-state index contributed by atoms with van der Waals surface area (Å²) in [7, 11) is 0. The van der Waals surface area contributed by atoms with E-state index >= 15 is 0 Å². The normalized spacial score (nSPS) is 9.75. The summed E-state index contributed by atoms with van der Waals surface area (Å²) < 4.78 is 4.58. The maximum absolute atomic E-state index is 10.0. The maximum atomic E-state index is 10.0. The molecule has 0 saturated carbocycles. The van der Waals surface area contributed by atoms with Crippen LogP contribution in [0.15, 0.2) is 0 Å². The molecule has 0 heterocycles. The third-order valence-corrected chi connectivity index (χ3v) is 0.630. The quantitative estimate of drug-likeness (QED) is 0.633. The van der Waals surface area contributed by atoms with Gasteiger partial charge in [0.15, 0.2) is 0 Å². The fraction of sp³-hybridized carbons (Fsp3) is 0.875. The number of amides is 1. The monoisotopic (exact) mass is 177 g/mol. The minimum atomic E-state index is -0.725. The molecular weight excluding hydrogens is 158 g/mol. The lowest BCUT2D eigenvalue weighted by molar-refractivity contribution is 0.0600. The highest BCUT2D eigenvalue weighted by Crippen LogP contribution is 2.04. The molecule has 0 spiro atoms. The van der Waals surface area contributed by atoms with Crippen LogP contribution >= 0.6 is 0 Å². The minimum absolute atomic E-state index is 0.319. The van der Waals surface area contributed by atoms with Gasteiger partial charge >= 0.3 is 6.09 Å². The van der Waals surface area contributed by atoms with Crippen molar-refractivity contribution >= 4 is 6.09 Å². The van der Waals surface area contributed by atoms with Gasteiger partial charge in [-0.2, -0.15) is 0 Å². The number of carbonyl (C=O) groups is 1. The molecule has 0 rings (SSSR count). The van der Waals surface area contributed by atoms with Gasteiger partial charge in [-0.1, -0.05) is 6.92 Å². The van der Waals surface area contributed by atoms with Crippen LogP contribution in [-0.4, -0.2) is 23.4 Å². The maximum Gasteiger partial charge on any atom is 0.405 e. The number of carbonyl (C=O) groups excluding carboxylic acids is 1. The number of hydrogen-bond acceptors (Lipinski definition) is 3. The predicted molar refractivity (Wildman–Crippen MR) is 47.8 cm³/mol. The third-order valence-electron chi connectivity index (χ3n) is 0.630. The number of rotatable bonds is 1. The first kappa shape index (κ1) is 13.8. The van der Waals surface area contributed by atoms with E-state index in [2.05, 4.69) is 4.74 Å². The van der Waals surface area contributed by atoms with Crippen molar-refractivity contribution in [1.29, 1.82) is 0 Å². The van der Waals surface area contributed by atoms with Crippen molar-refractivity contribution in [2.75, 3.05) is 6.61 Å². The number of nitrogens with two attached hydrogens (primary N) is 1. The summed E-state index contributed by atoms with van der Waals surface area (Å²) in [5.74, 6) is 0. The Bertz CT molecular complexity index is 116. The van der Waals surface area contributed by atoms with Gasteiger partial charge in [0.2, 0.25) is 0 Å². The smallest absolute Gasteiger partial charge is 0.405 e. The molecule has 74 valence electrons. The van der Waals surface area contributed by atoms with Crippen molar-refractivity contribution in [2.24, 2.45) is 5.73 Å². The van der Waals surface area contributed by atoms with Gasteiger partial charge in [0.25, 0.3) is 0 Å². The van der Waals surface area contributed by atoms with Crippen molar-refractivity contribution in [2.45, 2.75) is 39.7 Å². The van der Waals surface area contributed by atoms with Crippen molar-refractivity contribution in [1.82, 2.24) is 0 Å². The third kappa shape index (κ3) is 22.9. The van der Waals surface area contributed by atoms with Gasteiger partial charge < -0.3 is 15.6 Å². The molecule has 3 N–H and O–H groups in total. The summed E-state index contributed by atoms with van der Waals surface area (Å²) in [6.45, 7) is 7.54. The zero-order valence-electron chi connectivity index (χ0n) is 8.26. The lowest BCUT2D eigenvalue weighted by Gasteiger charge is -2.16. The predicted octanol–water partition coefficient (Wildman–Crippen LogP) is 1.27. The Hall–Kier alpha value is -0.770. The second-order valence-corrected chi connectivity index (χ2v) is 3.26. The largest absolute Gasteiger partial charge is 0.444 e. The SMILES string of the molecule is CC(C)(C)OC(N)=O.CCCO. The van der Waals surface area contributed by atoms with Crippen LogP contribution in [0.3, 0.4) is 0 Å². The summed E-state index contributed by atoms with van der Waals surface area (Å²) >= 11 is 0. The molecule has 1 amide bonds. The molecule has 0 bridgehead atoms. The molecule has 0 aliphatic rings. The van der Waals surface area contributed by atoms with Gasteiger partial charge in [-0.3, -0.25) is 0 Å². The van der Waals surface area contributed by atoms with E-state index in [0.29, 0.717) is 6.61 Å². The lowest BCUT2D eigenvalue weighted by Crippen LogP contribution is -2.27. The van der Waals surface area contributed by atoms with Gasteiger partial charge in [0.05, 0.1) is 0 Å². The first-order valence-electron chi connectivity index (χ1n) is 3.92. The van der Waals surface area contributed by atoms with Gasteiger partial charge in [-0.15, -0.1) is 0 Å². The van der Waals surface area contributed by atoms with Crippen LogP contribution in [0.4, 0.5) is 4.79 Å². The molecule has 0 aromatic heterocycles. The van der Waals surface area contributed by atoms with Crippen LogP contribution in [0.1, 0.15) is 34.1 Å². The first-order valence-corrected chi connectivity index (χ1v) is 3.92. The molecule has 0 aromatic carbocycles. The van der Waals surface area contributed by atoms with E-state index in [9.17, 15) is 4.79 Å². The number of ether oxygens (including phenoxy) is 1. The molecule has 0 radical (unpaired) electrons. The summed E-state index contributed by atoms with van der Waals surface area (Å²) in [4.78, 5) is 10.0. The Balaban J connectivity index is 0. The van der Waals surface area contributed by atoms with Gasteiger partial charge in [-0.25, -0.2) is 4.79 Å². The molecule has 4 nitrogen and oxygen atoms in total. The topological polar surface area (TPSA) is 72.5 Å². The van der Waals surface area contributed by atoms with Crippen LogP contribution in [0.5, 0.6) is 0 Å². The highest BCUT2D eigenvalue weighted by atomic mass is 16.6. The van der Waals surface area contributed by atoms with Crippen molar-refractivity contribution in [3.63, 3.8) is 0 Å². The van der Waals surface area contributed by atoms with E-state index in [-0.39, 0.29) is 0 Å². The number of aliphatic hydroxyl groups is 1. The summed E-state index contributed by atoms with van der Waals surface area (Å²) in [6, 6.07) is 0. The summed E-state index contributed by atoms with van der Waals surface area (Å²) in [5.41, 5.74) is 4.26. The fourth-order valence-electron chi connectivity index (χ4n) is 0.302. The number of aliphatic hydroxyl groups excluding tert-OH is 1. The molecule has 4 heteroatoms. The van der Waals surface area contributed by atoms with Gasteiger partial charge in [0.1, 0.15) is 5.60 Å². The van der Waals surface area contributed by atoms with E-state index in [1.54, 1.807) is 20.8 Å². The number of hydrogen-bond donors (Lipinski definition) is 2. The second kappa shape index (κ2) is 6.91. The van der Waals surface area contributed by atoms with Gasteiger partial charge in [0, 0.05) is 6.61 Å². The highest BCUT2D eigenvalue weighted by Gasteiger charge is 2.12. The molecule has 0 saturated heterocycles. The zero-order valence-corrected chi connectivity index (χ0v) is 8.26. The summed E-state index contributed by atoms with van der Waals surface area (Å²) in [5, 5.41) is 7.88. The molecule has 0 aromatic rings. The Morgan fingerprint density at radius 1 is 1.50 bits per heavy atom. The van der Waals surface area contributed by atoms with Crippen molar-refractivity contribution in [3.05, 3.63) is 0 Å². The van der Waals surface area contributed by atoms with Crippen molar-refractivity contribution < 1.29 is 14.6 Å². The standard InChI is InChI=1S/C5H11NO2.C3H8O/c1-5(2,3)8-4(6)7;1-2-3-4/h1-3H3,(H2,6,7);4H,2-3H2,1H3. The van der Waals surface area contributed by atoms with Crippen LogP contribution in [0, 0.1) is 0 Å². The minimum Gasteiger partial charge on any atom is -0.444 e. The van der Waals surface area contributed by atoms with Crippen molar-refractivity contribution in [3.8, 4) is 0 Å². The lowest BCUT2D eigenvalue weighted by atomic mass is 10.2. The van der Waals surface area contributed by atoms with E-state index in [1.807, 2.05) is 6.92 Å². The first-order chi connectivity index (χ1) is 5.33. The van der Waals surface area contributed by atoms with E-state index in [4.69, 9.17) is 10.8 Å². The molecule has 0 fully saturated rings. The molecule has 0 unspecified atom stereocenters. The Labute approximate surface area is 73.7 Å². The fourth-order valence-corrected chi connectivity index (χ4v) is 0.302. The average Bonchev–Trinajstić information content (AvgIpc) is 1.83. The van der Waals surface area contributed by atoms with E-state index in [0.717, 1.165) is 6.42 Å². The molecule has 0 aliphatic carbocycles. The van der Waals surface area contributed by atoms with Crippen LogP contribution in [0.2, 0.25) is 0 Å². The average molecular weight is 177 g/mol. The zero-order chi connectivity index (χ0) is 10.2. The molecule has 0 aliphatic heterocycles. The number of primary amides is 1. The Morgan fingerprint density at radius 2 is 1.83 bits per heavy atom. The Kier molecular flexibility index (Phi) is 7.94. The Morgan fingerprint density at radius 3 is 1.83 bits per heavy atom. The van der Waals surface area contributed by atoms with Crippen LogP contribution in [0.25, 0.3) is 0 Å².